The number of amides is 2. The summed E-state index contributed by atoms with van der Waals surface area (Å²) in [4.78, 5) is 31.2. The van der Waals surface area contributed by atoms with E-state index in [4.69, 9.17) is 0 Å². The number of carbonyl (C=O) groups is 2. The molecule has 1 aromatic rings. The zero-order valence-electron chi connectivity index (χ0n) is 12.5. The Morgan fingerprint density at radius 3 is 2.70 bits per heavy atom. The summed E-state index contributed by atoms with van der Waals surface area (Å²) in [5, 5.41) is 2.83. The Hall–Kier alpha value is -1.64. The normalized spacial score (nSPS) is 24.4. The summed E-state index contributed by atoms with van der Waals surface area (Å²) in [6.07, 6.45) is -5.96. The number of rotatable bonds is 3. The number of hydrogen-bond acceptors (Lipinski definition) is 4. The first-order chi connectivity index (χ1) is 10.7. The van der Waals surface area contributed by atoms with Crippen LogP contribution < -0.4 is 0 Å². The van der Waals surface area contributed by atoms with Crippen molar-refractivity contribution in [2.45, 2.75) is 26.1 Å². The molecule has 0 aliphatic carbocycles. The lowest BCUT2D eigenvalue weighted by atomic mass is 10.0. The zero-order valence-corrected chi connectivity index (χ0v) is 13.3. The second-order valence-corrected chi connectivity index (χ2v) is 7.10. The van der Waals surface area contributed by atoms with Crippen molar-refractivity contribution >= 4 is 23.2 Å². The standard InChI is InChI=1S/C14H16F3N3O2S/c1-8-18-10(7-23-8)5-20-4-9-3-19(6-11(9)13(20)22)12(21)2-14(15,16)17/h7,9,11H,2-6H2,1H3/t9-,11-/m0/s1. The molecule has 0 spiro atoms. The zero-order chi connectivity index (χ0) is 16.8. The molecule has 3 heterocycles. The van der Waals surface area contributed by atoms with Gasteiger partial charge in [-0.3, -0.25) is 9.59 Å². The molecule has 2 amide bonds. The van der Waals surface area contributed by atoms with Gasteiger partial charge < -0.3 is 9.80 Å². The first kappa shape index (κ1) is 16.2. The summed E-state index contributed by atoms with van der Waals surface area (Å²) in [5.41, 5.74) is 0.825. The highest BCUT2D eigenvalue weighted by molar-refractivity contribution is 7.09. The topological polar surface area (TPSA) is 53.5 Å². The number of carbonyl (C=O) groups excluding carboxylic acids is 2. The van der Waals surface area contributed by atoms with E-state index >= 15 is 0 Å². The minimum atomic E-state index is -4.51. The molecule has 5 nitrogen and oxygen atoms in total. The Balaban J connectivity index is 1.59. The largest absolute Gasteiger partial charge is 0.397 e. The maximum atomic E-state index is 12.4. The molecule has 0 radical (unpaired) electrons. The molecule has 126 valence electrons. The molecular weight excluding hydrogens is 331 g/mol. The van der Waals surface area contributed by atoms with Crippen molar-refractivity contribution in [2.24, 2.45) is 11.8 Å². The summed E-state index contributed by atoms with van der Waals surface area (Å²) in [7, 11) is 0. The summed E-state index contributed by atoms with van der Waals surface area (Å²) in [6, 6.07) is 0. The van der Waals surface area contributed by atoms with Gasteiger partial charge >= 0.3 is 6.18 Å². The molecule has 2 fully saturated rings. The Kier molecular flexibility index (Phi) is 4.07. The molecule has 9 heteroatoms. The van der Waals surface area contributed by atoms with Crippen LogP contribution in [0.2, 0.25) is 0 Å². The second kappa shape index (κ2) is 5.77. The number of nitrogens with zero attached hydrogens (tertiary/aromatic N) is 3. The molecular formula is C14H16F3N3O2S. The molecule has 2 aliphatic rings. The van der Waals surface area contributed by atoms with Crippen molar-refractivity contribution in [3.63, 3.8) is 0 Å². The number of alkyl halides is 3. The summed E-state index contributed by atoms with van der Waals surface area (Å²) in [5.74, 6) is -1.50. The van der Waals surface area contributed by atoms with E-state index in [1.807, 2.05) is 12.3 Å². The third-order valence-corrected chi connectivity index (χ3v) is 5.07. The van der Waals surface area contributed by atoms with Gasteiger partial charge in [0.2, 0.25) is 11.8 Å². The van der Waals surface area contributed by atoms with E-state index < -0.39 is 18.5 Å². The Bertz CT molecular complexity index is 631. The highest BCUT2D eigenvalue weighted by Crippen LogP contribution is 2.34. The lowest BCUT2D eigenvalue weighted by molar-refractivity contribution is -0.160. The van der Waals surface area contributed by atoms with Crippen molar-refractivity contribution in [1.29, 1.82) is 0 Å². The fourth-order valence-electron chi connectivity index (χ4n) is 3.25. The maximum absolute atomic E-state index is 12.4. The molecule has 0 N–H and O–H groups in total. The Morgan fingerprint density at radius 2 is 2.13 bits per heavy atom. The molecule has 3 rings (SSSR count). The van der Waals surface area contributed by atoms with Gasteiger partial charge in [0.25, 0.3) is 0 Å². The van der Waals surface area contributed by atoms with E-state index in [9.17, 15) is 22.8 Å². The summed E-state index contributed by atoms with van der Waals surface area (Å²) >= 11 is 1.51. The van der Waals surface area contributed by atoms with Crippen LogP contribution in [0.25, 0.3) is 0 Å². The molecule has 0 bridgehead atoms. The first-order valence-corrected chi connectivity index (χ1v) is 8.15. The Morgan fingerprint density at radius 1 is 1.39 bits per heavy atom. The number of likely N-dealkylation sites (tertiary alicyclic amines) is 2. The van der Waals surface area contributed by atoms with Crippen LogP contribution in [-0.4, -0.2) is 52.4 Å². The van der Waals surface area contributed by atoms with Crippen LogP contribution in [0.5, 0.6) is 0 Å². The lowest BCUT2D eigenvalue weighted by Crippen LogP contribution is -2.37. The SMILES string of the molecule is Cc1nc(CN2C[C@@H]3CN(C(=O)CC(F)(F)F)C[C@@H]3C2=O)cs1. The predicted molar refractivity (Wildman–Crippen MR) is 76.5 cm³/mol. The number of aryl methyl sites for hydroxylation is 1. The van der Waals surface area contributed by atoms with Gasteiger partial charge in [-0.2, -0.15) is 13.2 Å². The first-order valence-electron chi connectivity index (χ1n) is 7.27. The molecule has 1 aromatic heterocycles. The minimum absolute atomic E-state index is 0.0839. The van der Waals surface area contributed by atoms with Crippen molar-refractivity contribution in [3.8, 4) is 0 Å². The molecule has 0 aromatic carbocycles. The van der Waals surface area contributed by atoms with Crippen LogP contribution in [0.4, 0.5) is 13.2 Å². The number of aromatic nitrogens is 1. The second-order valence-electron chi connectivity index (χ2n) is 6.03. The van der Waals surface area contributed by atoms with E-state index in [2.05, 4.69) is 4.98 Å². The quantitative estimate of drug-likeness (QED) is 0.838. The molecule has 2 aliphatic heterocycles. The van der Waals surface area contributed by atoms with Gasteiger partial charge in [-0.15, -0.1) is 11.3 Å². The van der Waals surface area contributed by atoms with Crippen molar-refractivity contribution in [3.05, 3.63) is 16.1 Å². The van der Waals surface area contributed by atoms with E-state index in [-0.39, 0.29) is 30.8 Å². The van der Waals surface area contributed by atoms with Crippen LogP contribution in [0.1, 0.15) is 17.1 Å². The van der Waals surface area contributed by atoms with E-state index in [1.54, 1.807) is 4.90 Å². The highest BCUT2D eigenvalue weighted by atomic mass is 32.1. The van der Waals surface area contributed by atoms with Gasteiger partial charge in [0, 0.05) is 30.9 Å². The molecule has 2 atom stereocenters. The van der Waals surface area contributed by atoms with Crippen LogP contribution in [0.15, 0.2) is 5.38 Å². The fourth-order valence-corrected chi connectivity index (χ4v) is 3.85. The Labute approximate surface area is 135 Å². The van der Waals surface area contributed by atoms with E-state index in [0.717, 1.165) is 10.7 Å². The monoisotopic (exact) mass is 347 g/mol. The van der Waals surface area contributed by atoms with Gasteiger partial charge in [-0.05, 0) is 6.92 Å². The smallest absolute Gasteiger partial charge is 0.341 e. The van der Waals surface area contributed by atoms with E-state index in [1.165, 1.54) is 16.2 Å². The highest BCUT2D eigenvalue weighted by Gasteiger charge is 2.48. The third-order valence-electron chi connectivity index (χ3n) is 4.25. The predicted octanol–water partition coefficient (Wildman–Crippen LogP) is 1.82. The average Bonchev–Trinajstić information content (AvgIpc) is 3.07. The van der Waals surface area contributed by atoms with Crippen molar-refractivity contribution in [1.82, 2.24) is 14.8 Å². The minimum Gasteiger partial charge on any atom is -0.341 e. The van der Waals surface area contributed by atoms with Gasteiger partial charge in [0.05, 0.1) is 23.2 Å². The maximum Gasteiger partial charge on any atom is 0.397 e. The van der Waals surface area contributed by atoms with Gasteiger partial charge in [-0.1, -0.05) is 0 Å². The lowest BCUT2D eigenvalue weighted by Gasteiger charge is -2.21. The van der Waals surface area contributed by atoms with Crippen LogP contribution >= 0.6 is 11.3 Å². The van der Waals surface area contributed by atoms with Crippen LogP contribution in [0.3, 0.4) is 0 Å². The number of halogens is 3. The number of thiazole rings is 1. The average molecular weight is 347 g/mol. The molecule has 0 unspecified atom stereocenters. The summed E-state index contributed by atoms with van der Waals surface area (Å²) in [6.45, 7) is 3.09. The number of fused-ring (bicyclic) bond motifs is 1. The van der Waals surface area contributed by atoms with Crippen molar-refractivity contribution in [2.75, 3.05) is 19.6 Å². The van der Waals surface area contributed by atoms with Gasteiger partial charge in [0.15, 0.2) is 0 Å². The van der Waals surface area contributed by atoms with Gasteiger partial charge in [-0.25, -0.2) is 4.98 Å². The van der Waals surface area contributed by atoms with Crippen LogP contribution in [-0.2, 0) is 16.1 Å². The van der Waals surface area contributed by atoms with Crippen molar-refractivity contribution < 1.29 is 22.8 Å². The molecule has 2 saturated heterocycles. The van der Waals surface area contributed by atoms with E-state index in [0.29, 0.717) is 13.1 Å². The van der Waals surface area contributed by atoms with Crippen LogP contribution in [0, 0.1) is 18.8 Å². The number of hydrogen-bond donors (Lipinski definition) is 0. The molecule has 0 saturated carbocycles. The fraction of sp³-hybridized carbons (Fsp3) is 0.643. The summed E-state index contributed by atoms with van der Waals surface area (Å²) < 4.78 is 36.9. The van der Waals surface area contributed by atoms with Gasteiger partial charge in [0.1, 0.15) is 6.42 Å². The third kappa shape index (κ3) is 3.49. The molecule has 23 heavy (non-hydrogen) atoms.